The van der Waals surface area contributed by atoms with Crippen molar-refractivity contribution in [3.63, 3.8) is 0 Å². The van der Waals surface area contributed by atoms with E-state index in [-0.39, 0.29) is 30.0 Å². The van der Waals surface area contributed by atoms with Crippen molar-refractivity contribution in [2.24, 2.45) is 11.8 Å². The molecule has 0 amide bonds. The molecule has 154 valence electrons. The van der Waals surface area contributed by atoms with Gasteiger partial charge < -0.3 is 14.9 Å². The van der Waals surface area contributed by atoms with Gasteiger partial charge in [0.05, 0.1) is 18.8 Å². The van der Waals surface area contributed by atoms with E-state index in [2.05, 4.69) is 6.92 Å². The first-order chi connectivity index (χ1) is 13.0. The van der Waals surface area contributed by atoms with Crippen LogP contribution in [0.1, 0.15) is 71.6 Å². The summed E-state index contributed by atoms with van der Waals surface area (Å²) in [5, 5.41) is 20.2. The van der Waals surface area contributed by atoms with E-state index in [4.69, 9.17) is 4.74 Å². The minimum atomic E-state index is -0.631. The zero-order chi connectivity index (χ0) is 20.1. The van der Waals surface area contributed by atoms with Crippen LogP contribution in [0.3, 0.4) is 0 Å². The number of aliphatic hydroxyl groups is 2. The van der Waals surface area contributed by atoms with Gasteiger partial charge in [0.2, 0.25) is 0 Å². The molecule has 1 aliphatic carbocycles. The van der Waals surface area contributed by atoms with Gasteiger partial charge in [0.15, 0.2) is 0 Å². The van der Waals surface area contributed by atoms with Crippen molar-refractivity contribution in [1.82, 2.24) is 0 Å². The zero-order valence-electron chi connectivity index (χ0n) is 16.8. The Bertz CT molecular complexity index is 497. The fourth-order valence-corrected chi connectivity index (χ4v) is 3.44. The maximum Gasteiger partial charge on any atom is 0.305 e. The quantitative estimate of drug-likeness (QED) is 0.289. The first-order valence-corrected chi connectivity index (χ1v) is 10.4. The third-order valence-electron chi connectivity index (χ3n) is 5.01. The summed E-state index contributed by atoms with van der Waals surface area (Å²) in [4.78, 5) is 23.4. The third-order valence-corrected chi connectivity index (χ3v) is 5.01. The summed E-state index contributed by atoms with van der Waals surface area (Å²) in [6.07, 6.45) is 12.9. The molecule has 4 atom stereocenters. The molecule has 0 aromatic carbocycles. The number of carbonyl (C=O) groups excluding carboxylic acids is 2. The second kappa shape index (κ2) is 13.7. The fraction of sp³-hybridized carbons (Fsp3) is 0.727. The molecule has 0 heterocycles. The summed E-state index contributed by atoms with van der Waals surface area (Å²) in [5.74, 6) is -0.603. The third kappa shape index (κ3) is 9.34. The summed E-state index contributed by atoms with van der Waals surface area (Å²) < 4.78 is 4.88. The monoisotopic (exact) mass is 380 g/mol. The van der Waals surface area contributed by atoms with Gasteiger partial charge in [0.25, 0.3) is 0 Å². The number of carbonyl (C=O) groups is 2. The van der Waals surface area contributed by atoms with Gasteiger partial charge in [-0.1, -0.05) is 50.5 Å². The molecule has 0 bridgehead atoms. The number of hydrogen-bond donors (Lipinski definition) is 2. The number of Topliss-reactive ketones (excluding diaryl/α,β-unsaturated/α-hetero) is 1. The van der Waals surface area contributed by atoms with Gasteiger partial charge in [-0.3, -0.25) is 9.59 Å². The molecule has 0 aromatic heterocycles. The molecule has 5 heteroatoms. The molecule has 1 fully saturated rings. The normalized spacial score (nSPS) is 24.1. The largest absolute Gasteiger partial charge is 0.466 e. The Morgan fingerprint density at radius 3 is 2.74 bits per heavy atom. The number of esters is 1. The molecule has 5 nitrogen and oxygen atoms in total. The Morgan fingerprint density at radius 2 is 2.04 bits per heavy atom. The van der Waals surface area contributed by atoms with Gasteiger partial charge in [-0.2, -0.15) is 0 Å². The van der Waals surface area contributed by atoms with Crippen LogP contribution in [0.15, 0.2) is 24.3 Å². The summed E-state index contributed by atoms with van der Waals surface area (Å²) in [7, 11) is 0. The Labute approximate surface area is 163 Å². The van der Waals surface area contributed by atoms with E-state index in [1.54, 1.807) is 19.1 Å². The zero-order valence-corrected chi connectivity index (χ0v) is 16.8. The highest BCUT2D eigenvalue weighted by Gasteiger charge is 2.39. The van der Waals surface area contributed by atoms with Crippen molar-refractivity contribution in [2.75, 3.05) is 6.61 Å². The van der Waals surface area contributed by atoms with Crippen LogP contribution in [0.4, 0.5) is 0 Å². The number of ether oxygens (including phenoxy) is 1. The fourth-order valence-electron chi connectivity index (χ4n) is 3.44. The highest BCUT2D eigenvalue weighted by atomic mass is 16.5. The number of ketones is 1. The van der Waals surface area contributed by atoms with E-state index >= 15 is 0 Å². The van der Waals surface area contributed by atoms with Crippen molar-refractivity contribution >= 4 is 11.8 Å². The minimum absolute atomic E-state index is 0.0419. The molecule has 0 saturated heterocycles. The lowest BCUT2D eigenvalue weighted by molar-refractivity contribution is -0.143. The van der Waals surface area contributed by atoms with Gasteiger partial charge in [0.1, 0.15) is 5.78 Å². The molecular formula is C22H36O5. The van der Waals surface area contributed by atoms with Gasteiger partial charge in [-0.25, -0.2) is 0 Å². The van der Waals surface area contributed by atoms with Crippen LogP contribution in [-0.2, 0) is 14.3 Å². The number of allylic oxidation sites excluding steroid dienone is 3. The van der Waals surface area contributed by atoms with Crippen LogP contribution in [0.5, 0.6) is 0 Å². The predicted octanol–water partition coefficient (Wildman–Crippen LogP) is 3.73. The average molecular weight is 381 g/mol. The van der Waals surface area contributed by atoms with Crippen molar-refractivity contribution in [1.29, 1.82) is 0 Å². The van der Waals surface area contributed by atoms with E-state index in [1.165, 1.54) is 0 Å². The van der Waals surface area contributed by atoms with Crippen LogP contribution >= 0.6 is 0 Å². The van der Waals surface area contributed by atoms with Gasteiger partial charge in [-0.05, 0) is 32.6 Å². The highest BCUT2D eigenvalue weighted by Crippen LogP contribution is 2.33. The van der Waals surface area contributed by atoms with Gasteiger partial charge >= 0.3 is 5.97 Å². The van der Waals surface area contributed by atoms with Crippen LogP contribution in [0.2, 0.25) is 0 Å². The van der Waals surface area contributed by atoms with Crippen molar-refractivity contribution < 1.29 is 24.5 Å². The van der Waals surface area contributed by atoms with Crippen molar-refractivity contribution in [2.45, 2.75) is 83.8 Å². The van der Waals surface area contributed by atoms with Crippen LogP contribution < -0.4 is 0 Å². The van der Waals surface area contributed by atoms with E-state index in [9.17, 15) is 19.8 Å². The standard InChI is InChI=1S/C22H36O5/c1-3-5-8-11-17(23)14-15-19-18(20(24)16-21(19)25)12-9-6-7-10-13-22(26)27-4-2/h6,9,14-15,17-20,23-24H,3-5,7-8,10-13,16H2,1-2H3/b9-6-,15-14+/t17-,18-,19-,20+/m1/s1. The SMILES string of the molecule is CCCCC[C@@H](O)/C=C/[C@H]1C(=O)C[C@H](O)[C@@H]1C/C=C\CCCC(=O)OCC. The Morgan fingerprint density at radius 1 is 1.26 bits per heavy atom. The Hall–Kier alpha value is -1.46. The van der Waals surface area contributed by atoms with Crippen molar-refractivity contribution in [3.05, 3.63) is 24.3 Å². The number of hydrogen-bond acceptors (Lipinski definition) is 5. The lowest BCUT2D eigenvalue weighted by Gasteiger charge is -2.17. The molecule has 0 aromatic rings. The lowest BCUT2D eigenvalue weighted by Crippen LogP contribution is -2.19. The Kier molecular flexibility index (Phi) is 11.9. The smallest absolute Gasteiger partial charge is 0.305 e. The lowest BCUT2D eigenvalue weighted by atomic mass is 9.90. The first kappa shape index (κ1) is 23.6. The molecule has 1 aliphatic rings. The molecular weight excluding hydrogens is 344 g/mol. The Balaban J connectivity index is 2.43. The summed E-state index contributed by atoms with van der Waals surface area (Å²) in [6, 6.07) is 0. The second-order valence-electron chi connectivity index (χ2n) is 7.28. The summed E-state index contributed by atoms with van der Waals surface area (Å²) >= 11 is 0. The molecule has 0 spiro atoms. The van der Waals surface area contributed by atoms with Gasteiger partial charge in [-0.15, -0.1) is 0 Å². The summed E-state index contributed by atoms with van der Waals surface area (Å²) in [6.45, 7) is 4.32. The minimum Gasteiger partial charge on any atom is -0.466 e. The van der Waals surface area contributed by atoms with Crippen LogP contribution in [0, 0.1) is 11.8 Å². The second-order valence-corrected chi connectivity index (χ2v) is 7.28. The number of rotatable bonds is 13. The number of unbranched alkanes of at least 4 members (excludes halogenated alkanes) is 3. The highest BCUT2D eigenvalue weighted by molar-refractivity contribution is 5.86. The molecule has 0 aliphatic heterocycles. The number of aliphatic hydroxyl groups excluding tert-OH is 2. The maximum absolute atomic E-state index is 12.2. The molecule has 0 radical (unpaired) electrons. The first-order valence-electron chi connectivity index (χ1n) is 10.4. The molecule has 2 N–H and O–H groups in total. The maximum atomic E-state index is 12.2. The van der Waals surface area contributed by atoms with Crippen LogP contribution in [0.25, 0.3) is 0 Å². The van der Waals surface area contributed by atoms with E-state index in [0.29, 0.717) is 25.9 Å². The van der Waals surface area contributed by atoms with E-state index in [1.807, 2.05) is 12.2 Å². The van der Waals surface area contributed by atoms with E-state index < -0.39 is 12.2 Å². The molecule has 1 rings (SSSR count). The van der Waals surface area contributed by atoms with Crippen LogP contribution in [-0.4, -0.2) is 40.8 Å². The van der Waals surface area contributed by atoms with Crippen molar-refractivity contribution in [3.8, 4) is 0 Å². The van der Waals surface area contributed by atoms with Gasteiger partial charge in [0, 0.05) is 24.7 Å². The summed E-state index contributed by atoms with van der Waals surface area (Å²) in [5.41, 5.74) is 0. The molecule has 0 unspecified atom stereocenters. The molecule has 27 heavy (non-hydrogen) atoms. The average Bonchev–Trinajstić information content (AvgIpc) is 2.89. The van der Waals surface area contributed by atoms with E-state index in [0.717, 1.165) is 32.1 Å². The topological polar surface area (TPSA) is 83.8 Å². The predicted molar refractivity (Wildman–Crippen MR) is 106 cm³/mol. The molecule has 1 saturated carbocycles.